The van der Waals surface area contributed by atoms with Crippen molar-refractivity contribution in [2.75, 3.05) is 11.5 Å². The summed E-state index contributed by atoms with van der Waals surface area (Å²) in [6.07, 6.45) is 1.47. The summed E-state index contributed by atoms with van der Waals surface area (Å²) in [5.74, 6) is -0.125. The van der Waals surface area contributed by atoms with E-state index in [9.17, 15) is 4.79 Å². The van der Waals surface area contributed by atoms with Crippen LogP contribution in [-0.4, -0.2) is 16.8 Å². The Morgan fingerprint density at radius 3 is 2.76 bits per heavy atom. The number of thioether (sulfide) groups is 1. The lowest BCUT2D eigenvalue weighted by molar-refractivity contribution is -0.113. The van der Waals surface area contributed by atoms with Gasteiger partial charge in [-0.15, -0.1) is 0 Å². The molecule has 3 nitrogen and oxygen atoms in total. The number of ether oxygens (including phenoxy) is 1. The lowest BCUT2D eigenvalue weighted by Crippen LogP contribution is -2.27. The van der Waals surface area contributed by atoms with Crippen molar-refractivity contribution >= 4 is 39.9 Å². The molecule has 0 radical (unpaired) electrons. The zero-order valence-electron chi connectivity index (χ0n) is 9.25. The topological polar surface area (TPSA) is 29.5 Å². The van der Waals surface area contributed by atoms with E-state index in [4.69, 9.17) is 17.0 Å². The number of anilines is 1. The van der Waals surface area contributed by atoms with E-state index in [0.29, 0.717) is 15.8 Å². The molecule has 0 aromatic heterocycles. The number of rotatable bonds is 3. The van der Waals surface area contributed by atoms with Crippen molar-refractivity contribution in [1.82, 2.24) is 0 Å². The number of amides is 1. The monoisotopic (exact) mass is 265 g/mol. The van der Waals surface area contributed by atoms with Crippen LogP contribution >= 0.6 is 24.0 Å². The Hall–Kier alpha value is -1.33. The maximum Gasteiger partial charge on any atom is 0.273 e. The number of hydrogen-bond acceptors (Lipinski definition) is 4. The van der Waals surface area contributed by atoms with Crippen LogP contribution in [0, 0.1) is 0 Å². The molecule has 1 fully saturated rings. The Kier molecular flexibility index (Phi) is 3.81. The van der Waals surface area contributed by atoms with E-state index in [1.807, 2.05) is 37.3 Å². The molecular weight excluding hydrogens is 254 g/mol. The Bertz CT molecular complexity index is 471. The Balaban J connectivity index is 2.26. The molecule has 0 saturated carbocycles. The molecule has 0 spiro atoms. The lowest BCUT2D eigenvalue weighted by atomic mass is 10.3. The molecule has 0 atom stereocenters. The van der Waals surface area contributed by atoms with Crippen LogP contribution < -0.4 is 4.90 Å². The predicted molar refractivity (Wildman–Crippen MR) is 73.8 cm³/mol. The van der Waals surface area contributed by atoms with Gasteiger partial charge in [0.25, 0.3) is 5.91 Å². The summed E-state index contributed by atoms with van der Waals surface area (Å²) in [7, 11) is 0. The first kappa shape index (κ1) is 12.1. The van der Waals surface area contributed by atoms with Crippen molar-refractivity contribution in [2.45, 2.75) is 6.92 Å². The SMILES string of the molecule is CCOC=C1SC(=S)N(c2ccccc2)C1=O. The van der Waals surface area contributed by atoms with Crippen molar-refractivity contribution in [1.29, 1.82) is 0 Å². The molecule has 1 aliphatic heterocycles. The Morgan fingerprint density at radius 1 is 1.41 bits per heavy atom. The van der Waals surface area contributed by atoms with Crippen LogP contribution in [0.2, 0.25) is 0 Å². The van der Waals surface area contributed by atoms with Crippen LogP contribution in [0.5, 0.6) is 0 Å². The largest absolute Gasteiger partial charge is 0.500 e. The van der Waals surface area contributed by atoms with Gasteiger partial charge in [-0.25, -0.2) is 0 Å². The fraction of sp³-hybridized carbons (Fsp3) is 0.167. The normalized spacial score (nSPS) is 17.9. The molecule has 1 aliphatic rings. The fourth-order valence-corrected chi connectivity index (χ4v) is 2.63. The summed E-state index contributed by atoms with van der Waals surface area (Å²) >= 11 is 6.46. The molecular formula is C12H11NO2S2. The van der Waals surface area contributed by atoms with Crippen molar-refractivity contribution in [2.24, 2.45) is 0 Å². The van der Waals surface area contributed by atoms with Crippen LogP contribution in [0.25, 0.3) is 0 Å². The Morgan fingerprint density at radius 2 is 2.12 bits per heavy atom. The van der Waals surface area contributed by atoms with E-state index in [0.717, 1.165) is 5.69 Å². The fourth-order valence-electron chi connectivity index (χ4n) is 1.41. The van der Waals surface area contributed by atoms with Gasteiger partial charge in [-0.05, 0) is 19.1 Å². The lowest BCUT2D eigenvalue weighted by Gasteiger charge is -2.13. The highest BCUT2D eigenvalue weighted by molar-refractivity contribution is 8.27. The molecule has 0 unspecified atom stereocenters. The average molecular weight is 265 g/mol. The van der Waals surface area contributed by atoms with E-state index in [2.05, 4.69) is 0 Å². The van der Waals surface area contributed by atoms with E-state index in [1.54, 1.807) is 0 Å². The van der Waals surface area contributed by atoms with E-state index in [1.165, 1.54) is 22.9 Å². The van der Waals surface area contributed by atoms with Gasteiger partial charge in [-0.2, -0.15) is 0 Å². The van der Waals surface area contributed by atoms with Crippen molar-refractivity contribution in [3.05, 3.63) is 41.5 Å². The number of benzene rings is 1. The van der Waals surface area contributed by atoms with Crippen molar-refractivity contribution in [3.8, 4) is 0 Å². The van der Waals surface area contributed by atoms with Gasteiger partial charge in [0, 0.05) is 0 Å². The molecule has 1 amide bonds. The highest BCUT2D eigenvalue weighted by Crippen LogP contribution is 2.34. The van der Waals surface area contributed by atoms with Gasteiger partial charge in [0.15, 0.2) is 4.32 Å². The second-order valence-electron chi connectivity index (χ2n) is 3.28. The Labute approximate surface area is 109 Å². The third-order valence-electron chi connectivity index (χ3n) is 2.17. The third-order valence-corrected chi connectivity index (χ3v) is 3.45. The molecule has 88 valence electrons. The smallest absolute Gasteiger partial charge is 0.273 e. The van der Waals surface area contributed by atoms with Crippen LogP contribution in [0.1, 0.15) is 6.92 Å². The summed E-state index contributed by atoms with van der Waals surface area (Å²) in [6, 6.07) is 9.36. The second-order valence-corrected chi connectivity index (χ2v) is 4.96. The second kappa shape index (κ2) is 5.33. The summed E-state index contributed by atoms with van der Waals surface area (Å²) in [6.45, 7) is 2.41. The van der Waals surface area contributed by atoms with Gasteiger partial charge >= 0.3 is 0 Å². The van der Waals surface area contributed by atoms with Crippen molar-refractivity contribution in [3.63, 3.8) is 0 Å². The number of carbonyl (C=O) groups excluding carboxylic acids is 1. The molecule has 0 aliphatic carbocycles. The molecule has 1 saturated heterocycles. The maximum atomic E-state index is 12.1. The number of para-hydroxylation sites is 1. The van der Waals surface area contributed by atoms with Crippen LogP contribution in [0.15, 0.2) is 41.5 Å². The van der Waals surface area contributed by atoms with E-state index >= 15 is 0 Å². The number of thiocarbonyl (C=S) groups is 1. The highest BCUT2D eigenvalue weighted by Gasteiger charge is 2.33. The molecule has 0 bridgehead atoms. The predicted octanol–water partition coefficient (Wildman–Crippen LogP) is 2.93. The van der Waals surface area contributed by atoms with E-state index in [-0.39, 0.29) is 5.91 Å². The van der Waals surface area contributed by atoms with Crippen LogP contribution in [0.3, 0.4) is 0 Å². The maximum absolute atomic E-state index is 12.1. The molecule has 1 aromatic rings. The first-order valence-electron chi connectivity index (χ1n) is 5.17. The first-order valence-corrected chi connectivity index (χ1v) is 6.39. The minimum Gasteiger partial charge on any atom is -0.500 e. The van der Waals surface area contributed by atoms with Crippen molar-refractivity contribution < 1.29 is 9.53 Å². The van der Waals surface area contributed by atoms with Gasteiger partial charge in [0.1, 0.15) is 11.2 Å². The van der Waals surface area contributed by atoms with E-state index < -0.39 is 0 Å². The first-order chi connectivity index (χ1) is 8.24. The number of hydrogen-bond donors (Lipinski definition) is 0. The minimum atomic E-state index is -0.125. The van der Waals surface area contributed by atoms with Gasteiger partial charge < -0.3 is 4.74 Å². The summed E-state index contributed by atoms with van der Waals surface area (Å²) < 4.78 is 5.66. The minimum absolute atomic E-state index is 0.125. The molecule has 5 heteroatoms. The summed E-state index contributed by atoms with van der Waals surface area (Å²) in [5.41, 5.74) is 0.787. The van der Waals surface area contributed by atoms with Gasteiger partial charge in [-0.1, -0.05) is 42.2 Å². The number of nitrogens with zero attached hydrogens (tertiary/aromatic N) is 1. The van der Waals surface area contributed by atoms with Gasteiger partial charge in [0.05, 0.1) is 12.3 Å². The summed E-state index contributed by atoms with van der Waals surface area (Å²) in [4.78, 5) is 14.1. The average Bonchev–Trinajstić information content (AvgIpc) is 2.63. The summed E-state index contributed by atoms with van der Waals surface area (Å²) in [5, 5.41) is 0. The standard InChI is InChI=1S/C12H11NO2S2/c1-2-15-8-10-11(14)13(12(16)17-10)9-6-4-3-5-7-9/h3-8H,2H2,1H3. The zero-order valence-corrected chi connectivity index (χ0v) is 10.9. The molecule has 2 rings (SSSR count). The molecule has 17 heavy (non-hydrogen) atoms. The van der Waals surface area contributed by atoms with Crippen LogP contribution in [0.4, 0.5) is 5.69 Å². The van der Waals surface area contributed by atoms with Crippen LogP contribution in [-0.2, 0) is 9.53 Å². The molecule has 0 N–H and O–H groups in total. The zero-order chi connectivity index (χ0) is 12.3. The molecule has 1 aromatic carbocycles. The number of carbonyl (C=O) groups is 1. The van der Waals surface area contributed by atoms with Gasteiger partial charge in [0.2, 0.25) is 0 Å². The molecule has 1 heterocycles. The third kappa shape index (κ3) is 2.50. The highest BCUT2D eigenvalue weighted by atomic mass is 32.2. The quantitative estimate of drug-likeness (QED) is 0.477. The van der Waals surface area contributed by atoms with Gasteiger partial charge in [-0.3, -0.25) is 9.69 Å².